The third-order valence-electron chi connectivity index (χ3n) is 5.82. The van der Waals surface area contributed by atoms with E-state index in [1.807, 2.05) is 51.9 Å². The lowest BCUT2D eigenvalue weighted by Crippen LogP contribution is -2.59. The van der Waals surface area contributed by atoms with E-state index in [0.29, 0.717) is 25.1 Å². The molecular weight excluding hydrogens is 443 g/mol. The number of benzene rings is 1. The number of amides is 1. The molecule has 0 saturated carbocycles. The van der Waals surface area contributed by atoms with Crippen LogP contribution in [0.5, 0.6) is 0 Å². The van der Waals surface area contributed by atoms with E-state index < -0.39 is 7.25 Å². The highest BCUT2D eigenvalue weighted by Gasteiger charge is 2.50. The van der Waals surface area contributed by atoms with E-state index >= 15 is 0 Å². The van der Waals surface area contributed by atoms with Crippen molar-refractivity contribution in [1.29, 1.82) is 0 Å². The van der Waals surface area contributed by atoms with Crippen molar-refractivity contribution in [2.45, 2.75) is 45.3 Å². The first-order chi connectivity index (χ1) is 15.4. The molecule has 0 spiro atoms. The minimum Gasteiger partial charge on any atom is -0.458 e. The van der Waals surface area contributed by atoms with Crippen LogP contribution in [0.25, 0.3) is 0 Å². The van der Waals surface area contributed by atoms with Crippen LogP contribution in [0.3, 0.4) is 0 Å². The number of imidazole rings is 1. The second-order valence-corrected chi connectivity index (χ2v) is 8.20. The number of halogens is 4. The zero-order valence-corrected chi connectivity index (χ0v) is 18.8. The van der Waals surface area contributed by atoms with Gasteiger partial charge in [0.25, 0.3) is 0 Å². The van der Waals surface area contributed by atoms with Crippen LogP contribution in [0.15, 0.2) is 36.9 Å². The molecule has 2 aliphatic rings. The molecule has 2 aromatic rings. The summed E-state index contributed by atoms with van der Waals surface area (Å²) in [5, 5.41) is 0. The van der Waals surface area contributed by atoms with Crippen molar-refractivity contribution >= 4 is 30.5 Å². The Morgan fingerprint density at radius 2 is 1.94 bits per heavy atom. The van der Waals surface area contributed by atoms with E-state index in [4.69, 9.17) is 4.74 Å². The first-order valence-corrected chi connectivity index (χ1v) is 10.7. The average Bonchev–Trinajstić information content (AvgIpc) is 3.23. The van der Waals surface area contributed by atoms with E-state index in [2.05, 4.69) is 18.7 Å². The van der Waals surface area contributed by atoms with Crippen molar-refractivity contribution in [3.63, 3.8) is 0 Å². The van der Waals surface area contributed by atoms with Crippen molar-refractivity contribution in [3.05, 3.63) is 42.5 Å². The maximum absolute atomic E-state index is 12.7. The van der Waals surface area contributed by atoms with Crippen LogP contribution in [-0.4, -0.2) is 42.5 Å². The highest BCUT2D eigenvalue weighted by molar-refractivity contribution is 6.50. The Bertz CT molecular complexity index is 1020. The molecule has 1 fully saturated rings. The molecule has 1 aromatic heterocycles. The van der Waals surface area contributed by atoms with E-state index in [0.717, 1.165) is 30.8 Å². The van der Waals surface area contributed by atoms with Gasteiger partial charge in [0.05, 0.1) is 24.0 Å². The summed E-state index contributed by atoms with van der Waals surface area (Å²) >= 11 is 0. The van der Waals surface area contributed by atoms with Gasteiger partial charge in [0.15, 0.2) is 0 Å². The molecule has 12 heteroatoms. The van der Waals surface area contributed by atoms with Crippen LogP contribution in [0.4, 0.5) is 28.6 Å². The smallest absolute Gasteiger partial charge is 0.458 e. The molecular formula is C21H27BF4N4O3. The fourth-order valence-electron chi connectivity index (χ4n) is 4.51. The van der Waals surface area contributed by atoms with Crippen LogP contribution >= 0.6 is 0 Å². The van der Waals surface area contributed by atoms with Gasteiger partial charge in [-0.3, -0.25) is 9.69 Å². The van der Waals surface area contributed by atoms with Gasteiger partial charge >= 0.3 is 13.2 Å². The van der Waals surface area contributed by atoms with Crippen molar-refractivity contribution in [2.75, 3.05) is 23.0 Å². The SMILES string of the molecule is CCN1c2ccc(C(=O)OCCn3cc[n+](C)c3)cc2N2C(=O)CCCC12C.F[B-](F)(F)F. The van der Waals surface area contributed by atoms with Gasteiger partial charge in [0.1, 0.15) is 31.2 Å². The van der Waals surface area contributed by atoms with E-state index in [1.165, 1.54) is 0 Å². The summed E-state index contributed by atoms with van der Waals surface area (Å²) in [7, 11) is -4.05. The highest BCUT2D eigenvalue weighted by Crippen LogP contribution is 2.49. The molecule has 0 N–H and O–H groups in total. The Morgan fingerprint density at radius 1 is 1.24 bits per heavy atom. The van der Waals surface area contributed by atoms with Gasteiger partial charge in [-0.2, -0.15) is 0 Å². The van der Waals surface area contributed by atoms with Gasteiger partial charge in [0, 0.05) is 13.0 Å². The highest BCUT2D eigenvalue weighted by atomic mass is 19.5. The Labute approximate surface area is 189 Å². The Hall–Kier alpha value is -3.05. The number of fused-ring (bicyclic) bond motifs is 3. The van der Waals surface area contributed by atoms with Gasteiger partial charge < -0.3 is 26.9 Å². The summed E-state index contributed by atoms with van der Waals surface area (Å²) in [5.41, 5.74) is 1.96. The number of carbonyl (C=O) groups excluding carboxylic acids is 2. The van der Waals surface area contributed by atoms with Crippen LogP contribution in [-0.2, 0) is 23.1 Å². The van der Waals surface area contributed by atoms with Crippen LogP contribution in [0.1, 0.15) is 43.5 Å². The fourth-order valence-corrected chi connectivity index (χ4v) is 4.51. The topological polar surface area (TPSA) is 58.7 Å². The number of esters is 1. The number of rotatable bonds is 5. The van der Waals surface area contributed by atoms with Crippen LogP contribution in [0, 0.1) is 0 Å². The van der Waals surface area contributed by atoms with E-state index in [9.17, 15) is 26.9 Å². The molecule has 7 nitrogen and oxygen atoms in total. The zero-order valence-electron chi connectivity index (χ0n) is 18.8. The molecule has 1 saturated heterocycles. The van der Waals surface area contributed by atoms with Crippen molar-refractivity contribution < 1.29 is 36.2 Å². The predicted molar refractivity (Wildman–Crippen MR) is 115 cm³/mol. The normalized spacial score (nSPS) is 19.5. The monoisotopic (exact) mass is 470 g/mol. The second kappa shape index (κ2) is 9.44. The maximum Gasteiger partial charge on any atom is 0.673 e. The van der Waals surface area contributed by atoms with Crippen LogP contribution in [0.2, 0.25) is 0 Å². The Morgan fingerprint density at radius 3 is 2.55 bits per heavy atom. The van der Waals surface area contributed by atoms with Gasteiger partial charge in [-0.25, -0.2) is 13.9 Å². The molecule has 1 unspecified atom stereocenters. The van der Waals surface area contributed by atoms with Crippen LogP contribution < -0.4 is 14.4 Å². The minimum atomic E-state index is -6.00. The summed E-state index contributed by atoms with van der Waals surface area (Å²) < 4.78 is 48.4. The average molecular weight is 470 g/mol. The summed E-state index contributed by atoms with van der Waals surface area (Å²) in [6.45, 7) is 5.92. The summed E-state index contributed by atoms with van der Waals surface area (Å²) in [4.78, 5) is 29.4. The first kappa shape index (κ1) is 24.6. The van der Waals surface area contributed by atoms with Gasteiger partial charge in [-0.15, -0.1) is 0 Å². The summed E-state index contributed by atoms with van der Waals surface area (Å²) in [5.74, 6) is -0.239. The van der Waals surface area contributed by atoms with Gasteiger partial charge in [-0.1, -0.05) is 0 Å². The molecule has 4 rings (SSSR count). The number of hydrogen-bond acceptors (Lipinski definition) is 4. The lowest BCUT2D eigenvalue weighted by molar-refractivity contribution is -0.671. The van der Waals surface area contributed by atoms with Crippen molar-refractivity contribution in [2.24, 2.45) is 7.05 Å². The number of piperidine rings is 1. The van der Waals surface area contributed by atoms with Crippen molar-refractivity contribution in [1.82, 2.24) is 4.57 Å². The number of aryl methyl sites for hydroxylation is 1. The predicted octanol–water partition coefficient (Wildman–Crippen LogP) is 3.54. The third kappa shape index (κ3) is 5.48. The molecule has 180 valence electrons. The number of hydrogen-bond donors (Lipinski definition) is 0. The van der Waals surface area contributed by atoms with Crippen molar-refractivity contribution in [3.8, 4) is 0 Å². The van der Waals surface area contributed by atoms with E-state index in [-0.39, 0.29) is 17.5 Å². The number of anilines is 2. The third-order valence-corrected chi connectivity index (χ3v) is 5.82. The molecule has 1 atom stereocenters. The summed E-state index contributed by atoms with van der Waals surface area (Å²) in [6, 6.07) is 5.55. The second-order valence-electron chi connectivity index (χ2n) is 8.20. The maximum atomic E-state index is 12.7. The minimum absolute atomic E-state index is 0.122. The molecule has 0 aliphatic carbocycles. The summed E-state index contributed by atoms with van der Waals surface area (Å²) in [6.07, 6.45) is 8.18. The Balaban J connectivity index is 0.000000555. The zero-order chi connectivity index (χ0) is 24.4. The van der Waals surface area contributed by atoms with Gasteiger partial charge in [-0.05, 0) is 44.9 Å². The molecule has 33 heavy (non-hydrogen) atoms. The molecule has 0 radical (unpaired) electrons. The first-order valence-electron chi connectivity index (χ1n) is 10.7. The quantitative estimate of drug-likeness (QED) is 0.291. The lowest BCUT2D eigenvalue weighted by Gasteiger charge is -2.44. The molecule has 2 aliphatic heterocycles. The van der Waals surface area contributed by atoms with E-state index in [1.54, 1.807) is 6.07 Å². The Kier molecular flexibility index (Phi) is 7.04. The standard InChI is InChI=1S/C21H27N4O3.BF4/c1-4-24-17-8-7-16(20(27)28-13-12-23-11-10-22(3)15-23)14-18(17)25-19(26)6-5-9-21(24,25)2;2-1(3,4)5/h7-8,10-11,14-15H,4-6,9,12-13H2,1-3H3;/q+1;-1. The number of carbonyl (C=O) groups is 2. The largest absolute Gasteiger partial charge is 0.673 e. The number of aromatic nitrogens is 2. The van der Waals surface area contributed by atoms with Gasteiger partial charge in [0.2, 0.25) is 12.2 Å². The number of ether oxygens (including phenoxy) is 1. The number of nitrogens with zero attached hydrogens (tertiary/aromatic N) is 4. The molecule has 0 bridgehead atoms. The lowest BCUT2D eigenvalue weighted by atomic mass is 9.96. The molecule has 3 heterocycles. The molecule has 1 aromatic carbocycles. The molecule has 1 amide bonds. The fraction of sp³-hybridized carbons (Fsp3) is 0.476.